The zero-order valence-corrected chi connectivity index (χ0v) is 11.2. The van der Waals surface area contributed by atoms with Gasteiger partial charge < -0.3 is 4.98 Å². The van der Waals surface area contributed by atoms with Gasteiger partial charge in [0.05, 0.1) is 10.7 Å². The predicted octanol–water partition coefficient (Wildman–Crippen LogP) is 3.99. The summed E-state index contributed by atoms with van der Waals surface area (Å²) in [6.07, 6.45) is 0. The zero-order chi connectivity index (χ0) is 14.0. The van der Waals surface area contributed by atoms with Crippen LogP contribution in [0.3, 0.4) is 0 Å². The van der Waals surface area contributed by atoms with Crippen molar-refractivity contribution < 1.29 is 0 Å². The minimum Gasteiger partial charge on any atom is -0.305 e. The third-order valence-electron chi connectivity index (χ3n) is 2.46. The highest BCUT2D eigenvalue weighted by atomic mass is 35.5. The third-order valence-corrected chi connectivity index (χ3v) is 3.01. The molecule has 0 aliphatic heterocycles. The van der Waals surface area contributed by atoms with Gasteiger partial charge in [-0.25, -0.2) is 4.98 Å². The van der Waals surface area contributed by atoms with Crippen molar-refractivity contribution >= 4 is 29.2 Å². The fourth-order valence-electron chi connectivity index (χ4n) is 1.55. The van der Waals surface area contributed by atoms with Crippen LogP contribution in [0, 0.1) is 6.92 Å². The van der Waals surface area contributed by atoms with Crippen molar-refractivity contribution in [2.45, 2.75) is 6.92 Å². The summed E-state index contributed by atoms with van der Waals surface area (Å²) in [6, 6.07) is 4.84. The first-order valence-electron chi connectivity index (χ1n) is 5.14. The molecule has 1 heterocycles. The van der Waals surface area contributed by atoms with Crippen molar-refractivity contribution in [2.24, 2.45) is 5.11 Å². The Labute approximate surface area is 117 Å². The van der Waals surface area contributed by atoms with E-state index in [1.807, 2.05) is 0 Å². The minimum absolute atomic E-state index is 0.112. The lowest BCUT2D eigenvalue weighted by molar-refractivity contribution is 1.06. The highest BCUT2D eigenvalue weighted by Crippen LogP contribution is 2.30. The molecule has 0 atom stereocenters. The highest BCUT2D eigenvalue weighted by molar-refractivity contribution is 6.36. The summed E-state index contributed by atoms with van der Waals surface area (Å²) in [5.74, 6) is -0.112. The maximum absolute atomic E-state index is 11.7. The molecule has 2 aromatic rings. The molecule has 0 saturated carbocycles. The van der Waals surface area contributed by atoms with E-state index < -0.39 is 5.56 Å². The van der Waals surface area contributed by atoms with Gasteiger partial charge in [0.25, 0.3) is 5.56 Å². The Balaban J connectivity index is 2.74. The Morgan fingerprint density at radius 3 is 2.79 bits per heavy atom. The number of halogens is 2. The second kappa shape index (κ2) is 5.32. The number of hydrogen-bond acceptors (Lipinski definition) is 3. The summed E-state index contributed by atoms with van der Waals surface area (Å²) in [6.45, 7) is 1.60. The van der Waals surface area contributed by atoms with Crippen LogP contribution in [0.25, 0.3) is 21.7 Å². The standard InChI is InChI=1S/C11H7Cl2N5O/c1-5-9(7-3-2-6(12)4-8(7)13)15-11(17-18-14)16-10(5)19/h2-4H,1H3,(H,15,16,19). The summed E-state index contributed by atoms with van der Waals surface area (Å²) in [5, 5.41) is 4.13. The molecule has 1 aromatic carbocycles. The number of nitrogens with zero attached hydrogens (tertiary/aromatic N) is 4. The first-order chi connectivity index (χ1) is 9.02. The molecular formula is C11H7Cl2N5O. The van der Waals surface area contributed by atoms with E-state index in [4.69, 9.17) is 28.7 Å². The number of benzene rings is 1. The van der Waals surface area contributed by atoms with Crippen LogP contribution in [0.2, 0.25) is 10.0 Å². The lowest BCUT2D eigenvalue weighted by Crippen LogP contribution is -2.12. The molecule has 0 spiro atoms. The number of azide groups is 1. The van der Waals surface area contributed by atoms with Gasteiger partial charge in [-0.3, -0.25) is 4.79 Å². The van der Waals surface area contributed by atoms with Gasteiger partial charge in [0.1, 0.15) is 0 Å². The topological polar surface area (TPSA) is 94.5 Å². The number of H-pyrrole nitrogens is 1. The smallest absolute Gasteiger partial charge is 0.254 e. The van der Waals surface area contributed by atoms with E-state index in [1.54, 1.807) is 25.1 Å². The highest BCUT2D eigenvalue weighted by Gasteiger charge is 2.12. The maximum atomic E-state index is 11.7. The molecule has 6 nitrogen and oxygen atoms in total. The Bertz CT molecular complexity index is 749. The maximum Gasteiger partial charge on any atom is 0.254 e. The van der Waals surface area contributed by atoms with E-state index in [9.17, 15) is 4.79 Å². The van der Waals surface area contributed by atoms with Crippen LogP contribution < -0.4 is 5.56 Å². The van der Waals surface area contributed by atoms with Crippen molar-refractivity contribution in [3.8, 4) is 11.3 Å². The molecule has 19 heavy (non-hydrogen) atoms. The van der Waals surface area contributed by atoms with Gasteiger partial charge >= 0.3 is 0 Å². The van der Waals surface area contributed by atoms with Crippen LogP contribution in [0.15, 0.2) is 28.1 Å². The molecule has 8 heteroatoms. The predicted molar refractivity (Wildman–Crippen MR) is 73.9 cm³/mol. The fraction of sp³-hybridized carbons (Fsp3) is 0.0909. The molecular weight excluding hydrogens is 289 g/mol. The molecule has 0 fully saturated rings. The van der Waals surface area contributed by atoms with Crippen LogP contribution in [0.1, 0.15) is 5.56 Å². The number of rotatable bonds is 2. The second-order valence-electron chi connectivity index (χ2n) is 3.68. The molecule has 96 valence electrons. The number of nitrogens with one attached hydrogen (secondary N) is 1. The molecule has 0 unspecified atom stereocenters. The average Bonchev–Trinajstić information content (AvgIpc) is 2.34. The normalized spacial score (nSPS) is 10.1. The lowest BCUT2D eigenvalue weighted by atomic mass is 10.1. The van der Waals surface area contributed by atoms with Crippen molar-refractivity contribution in [1.29, 1.82) is 0 Å². The van der Waals surface area contributed by atoms with Gasteiger partial charge in [0.15, 0.2) is 5.95 Å². The van der Waals surface area contributed by atoms with Crippen LogP contribution in [0.5, 0.6) is 0 Å². The van der Waals surface area contributed by atoms with E-state index in [0.29, 0.717) is 26.9 Å². The van der Waals surface area contributed by atoms with Gasteiger partial charge in [-0.2, -0.15) is 0 Å². The Kier molecular flexibility index (Phi) is 3.76. The largest absolute Gasteiger partial charge is 0.305 e. The number of hydrogen-bond donors (Lipinski definition) is 1. The fourth-order valence-corrected chi connectivity index (χ4v) is 2.05. The quantitative estimate of drug-likeness (QED) is 0.515. The van der Waals surface area contributed by atoms with Gasteiger partial charge in [-0.05, 0) is 35.8 Å². The van der Waals surface area contributed by atoms with E-state index in [1.165, 1.54) is 0 Å². The van der Waals surface area contributed by atoms with Gasteiger partial charge in [0, 0.05) is 21.1 Å². The molecule has 0 amide bonds. The SMILES string of the molecule is Cc1c(-c2ccc(Cl)cc2Cl)nc(N=[N+]=[N-])[nH]c1=O. The third kappa shape index (κ3) is 2.71. The molecule has 2 rings (SSSR count). The summed E-state index contributed by atoms with van der Waals surface area (Å²) < 4.78 is 0. The second-order valence-corrected chi connectivity index (χ2v) is 4.52. The monoisotopic (exact) mass is 295 g/mol. The Morgan fingerprint density at radius 2 is 2.16 bits per heavy atom. The van der Waals surface area contributed by atoms with Crippen molar-refractivity contribution in [3.05, 3.63) is 54.6 Å². The number of aromatic amines is 1. The summed E-state index contributed by atoms with van der Waals surface area (Å²) in [7, 11) is 0. The first kappa shape index (κ1) is 13.4. The minimum atomic E-state index is -0.390. The van der Waals surface area contributed by atoms with Crippen molar-refractivity contribution in [2.75, 3.05) is 0 Å². The molecule has 0 aliphatic carbocycles. The molecule has 0 radical (unpaired) electrons. The summed E-state index contributed by atoms with van der Waals surface area (Å²) >= 11 is 11.9. The van der Waals surface area contributed by atoms with Crippen LogP contribution >= 0.6 is 23.2 Å². The van der Waals surface area contributed by atoms with E-state index >= 15 is 0 Å². The number of aromatic nitrogens is 2. The van der Waals surface area contributed by atoms with Crippen LogP contribution in [0.4, 0.5) is 5.95 Å². The molecule has 0 saturated heterocycles. The van der Waals surface area contributed by atoms with Gasteiger partial charge in [0.2, 0.25) is 0 Å². The van der Waals surface area contributed by atoms with Crippen molar-refractivity contribution in [3.63, 3.8) is 0 Å². The molecule has 0 bridgehead atoms. The van der Waals surface area contributed by atoms with E-state index in [0.717, 1.165) is 0 Å². The first-order valence-corrected chi connectivity index (χ1v) is 5.90. The van der Waals surface area contributed by atoms with Gasteiger partial charge in [-0.1, -0.05) is 23.2 Å². The van der Waals surface area contributed by atoms with Crippen LogP contribution in [-0.2, 0) is 0 Å². The molecule has 1 aromatic heterocycles. The molecule has 0 aliphatic rings. The Morgan fingerprint density at radius 1 is 1.42 bits per heavy atom. The molecule has 1 N–H and O–H groups in total. The van der Waals surface area contributed by atoms with Crippen LogP contribution in [-0.4, -0.2) is 9.97 Å². The Hall–Kier alpha value is -2.01. The van der Waals surface area contributed by atoms with E-state index in [2.05, 4.69) is 20.0 Å². The van der Waals surface area contributed by atoms with Gasteiger partial charge in [-0.15, -0.1) is 0 Å². The van der Waals surface area contributed by atoms with Crippen molar-refractivity contribution in [1.82, 2.24) is 9.97 Å². The summed E-state index contributed by atoms with van der Waals surface area (Å²) in [4.78, 5) is 20.8. The lowest BCUT2D eigenvalue weighted by Gasteiger charge is -2.07. The average molecular weight is 296 g/mol. The summed E-state index contributed by atoms with van der Waals surface area (Å²) in [5.41, 5.74) is 9.27. The zero-order valence-electron chi connectivity index (χ0n) is 9.69. The van der Waals surface area contributed by atoms with E-state index in [-0.39, 0.29) is 5.95 Å².